The second-order valence-corrected chi connectivity index (χ2v) is 5.26. The Bertz CT molecular complexity index is 548. The summed E-state index contributed by atoms with van der Waals surface area (Å²) in [6.07, 6.45) is 1.44. The first-order chi connectivity index (χ1) is 9.54. The van der Waals surface area contributed by atoms with Gasteiger partial charge in [0.2, 0.25) is 0 Å². The lowest BCUT2D eigenvalue weighted by Gasteiger charge is -2.29. The number of hydrogen-bond acceptors (Lipinski definition) is 1. The zero-order chi connectivity index (χ0) is 14.6. The molecule has 0 aromatic heterocycles. The van der Waals surface area contributed by atoms with E-state index < -0.39 is 17.2 Å². The largest absolute Gasteiger partial charge is 0.325 e. The minimum absolute atomic E-state index is 0.0766. The Morgan fingerprint density at radius 1 is 0.900 bits per heavy atom. The van der Waals surface area contributed by atoms with E-state index >= 15 is 0 Å². The van der Waals surface area contributed by atoms with Crippen molar-refractivity contribution in [2.45, 2.75) is 31.7 Å². The highest BCUT2D eigenvalue weighted by atomic mass is 19.1. The van der Waals surface area contributed by atoms with Gasteiger partial charge in [-0.15, -0.1) is 0 Å². The number of nitrogens with two attached hydrogens (primary N) is 1. The van der Waals surface area contributed by atoms with Crippen LogP contribution in [0.5, 0.6) is 0 Å². The molecule has 0 amide bonds. The van der Waals surface area contributed by atoms with Gasteiger partial charge in [0.05, 0.1) is 0 Å². The predicted molar refractivity (Wildman–Crippen MR) is 77.4 cm³/mol. The quantitative estimate of drug-likeness (QED) is 0.881. The van der Waals surface area contributed by atoms with E-state index in [4.69, 9.17) is 5.73 Å². The predicted octanol–water partition coefficient (Wildman–Crippen LogP) is 3.86. The van der Waals surface area contributed by atoms with Crippen molar-refractivity contribution < 1.29 is 8.78 Å². The van der Waals surface area contributed by atoms with Crippen molar-refractivity contribution in [3.63, 3.8) is 0 Å². The molecule has 0 aliphatic heterocycles. The highest BCUT2D eigenvalue weighted by Gasteiger charge is 2.26. The van der Waals surface area contributed by atoms with E-state index in [1.165, 1.54) is 18.2 Å². The molecule has 1 nitrogen and oxygen atoms in total. The molecule has 106 valence electrons. The van der Waals surface area contributed by atoms with Crippen molar-refractivity contribution >= 4 is 0 Å². The summed E-state index contributed by atoms with van der Waals surface area (Å²) in [7, 11) is 0. The van der Waals surface area contributed by atoms with Crippen LogP contribution in [0.4, 0.5) is 8.78 Å². The van der Waals surface area contributed by atoms with Gasteiger partial charge in [-0.1, -0.05) is 43.3 Å². The molecule has 0 bridgehead atoms. The molecule has 0 aliphatic carbocycles. The third-order valence-electron chi connectivity index (χ3n) is 3.69. The van der Waals surface area contributed by atoms with Gasteiger partial charge in [-0.05, 0) is 37.0 Å². The van der Waals surface area contributed by atoms with Crippen LogP contribution < -0.4 is 5.73 Å². The average molecular weight is 275 g/mol. The van der Waals surface area contributed by atoms with Gasteiger partial charge in [-0.2, -0.15) is 0 Å². The fraction of sp³-hybridized carbons (Fsp3) is 0.294. The molecule has 0 aliphatic rings. The molecule has 0 fully saturated rings. The molecule has 1 atom stereocenters. The Balaban J connectivity index is 2.23. The van der Waals surface area contributed by atoms with Gasteiger partial charge in [0.1, 0.15) is 11.6 Å². The van der Waals surface area contributed by atoms with Crippen molar-refractivity contribution in [3.8, 4) is 0 Å². The van der Waals surface area contributed by atoms with Gasteiger partial charge >= 0.3 is 0 Å². The average Bonchev–Trinajstić information content (AvgIpc) is 2.44. The fourth-order valence-electron chi connectivity index (χ4n) is 2.37. The standard InChI is InChI=1S/C17H19F2N/c1-2-17(20,11-13-7-4-3-5-8-13)12-14-15(18)9-6-10-16(14)19/h3-10H,2,11-12,20H2,1H3. The van der Waals surface area contributed by atoms with E-state index in [2.05, 4.69) is 0 Å². The topological polar surface area (TPSA) is 26.0 Å². The number of rotatable bonds is 5. The fourth-order valence-corrected chi connectivity index (χ4v) is 2.37. The number of benzene rings is 2. The first-order valence-electron chi connectivity index (χ1n) is 6.80. The van der Waals surface area contributed by atoms with Gasteiger partial charge in [-0.25, -0.2) is 8.78 Å². The zero-order valence-corrected chi connectivity index (χ0v) is 11.6. The minimum Gasteiger partial charge on any atom is -0.325 e. The Morgan fingerprint density at radius 3 is 2.05 bits per heavy atom. The second-order valence-electron chi connectivity index (χ2n) is 5.26. The molecule has 1 unspecified atom stereocenters. The highest BCUT2D eigenvalue weighted by molar-refractivity contribution is 5.24. The zero-order valence-electron chi connectivity index (χ0n) is 11.6. The van der Waals surface area contributed by atoms with Gasteiger partial charge in [-0.3, -0.25) is 0 Å². The van der Waals surface area contributed by atoms with E-state index in [-0.39, 0.29) is 12.0 Å². The summed E-state index contributed by atoms with van der Waals surface area (Å²) in [5.41, 5.74) is 6.87. The lowest BCUT2D eigenvalue weighted by molar-refractivity contribution is 0.388. The molecule has 2 N–H and O–H groups in total. The molecule has 2 aromatic carbocycles. The molecule has 2 aromatic rings. The summed E-state index contributed by atoms with van der Waals surface area (Å²) in [4.78, 5) is 0. The normalized spacial score (nSPS) is 14.0. The van der Waals surface area contributed by atoms with Crippen LogP contribution in [0.1, 0.15) is 24.5 Å². The van der Waals surface area contributed by atoms with Gasteiger partial charge in [0.25, 0.3) is 0 Å². The van der Waals surface area contributed by atoms with Crippen molar-refractivity contribution in [2.24, 2.45) is 5.73 Å². The lowest BCUT2D eigenvalue weighted by atomic mass is 9.83. The first kappa shape index (κ1) is 14.7. The first-order valence-corrected chi connectivity index (χ1v) is 6.80. The van der Waals surface area contributed by atoms with Crippen molar-refractivity contribution in [1.82, 2.24) is 0 Å². The molecule has 0 spiro atoms. The summed E-state index contributed by atoms with van der Waals surface area (Å²) >= 11 is 0. The maximum Gasteiger partial charge on any atom is 0.129 e. The SMILES string of the molecule is CCC(N)(Cc1ccccc1)Cc1c(F)cccc1F. The Labute approximate surface area is 118 Å². The summed E-state index contributed by atoms with van der Waals surface area (Å²) in [5.74, 6) is -1.05. The molecular weight excluding hydrogens is 256 g/mol. The molecule has 20 heavy (non-hydrogen) atoms. The minimum atomic E-state index is -0.648. The molecule has 0 radical (unpaired) electrons. The van der Waals surface area contributed by atoms with Gasteiger partial charge < -0.3 is 5.73 Å². The van der Waals surface area contributed by atoms with Crippen LogP contribution in [0, 0.1) is 11.6 Å². The third kappa shape index (κ3) is 3.42. The molecular formula is C17H19F2N. The van der Waals surface area contributed by atoms with E-state index in [9.17, 15) is 8.78 Å². The van der Waals surface area contributed by atoms with Crippen LogP contribution in [-0.2, 0) is 12.8 Å². The van der Waals surface area contributed by atoms with Crippen molar-refractivity contribution in [3.05, 3.63) is 71.3 Å². The number of halogens is 2. The van der Waals surface area contributed by atoms with Crippen LogP contribution in [0.15, 0.2) is 48.5 Å². The molecule has 2 rings (SSSR count). The van der Waals surface area contributed by atoms with Crippen LogP contribution in [0.2, 0.25) is 0 Å². The summed E-state index contributed by atoms with van der Waals surface area (Å²) in [6.45, 7) is 1.95. The number of hydrogen-bond donors (Lipinski definition) is 1. The second kappa shape index (κ2) is 6.14. The smallest absolute Gasteiger partial charge is 0.129 e. The Hall–Kier alpha value is -1.74. The maximum absolute atomic E-state index is 13.8. The van der Waals surface area contributed by atoms with Gasteiger partial charge in [0, 0.05) is 11.1 Å². The van der Waals surface area contributed by atoms with Crippen LogP contribution in [-0.4, -0.2) is 5.54 Å². The van der Waals surface area contributed by atoms with Crippen LogP contribution >= 0.6 is 0 Å². The van der Waals surface area contributed by atoms with Crippen molar-refractivity contribution in [1.29, 1.82) is 0 Å². The Morgan fingerprint density at radius 2 is 1.50 bits per heavy atom. The monoisotopic (exact) mass is 275 g/mol. The molecule has 0 heterocycles. The summed E-state index contributed by atoms with van der Waals surface area (Å²) in [6, 6.07) is 13.7. The highest BCUT2D eigenvalue weighted by Crippen LogP contribution is 2.23. The van der Waals surface area contributed by atoms with E-state index in [1.807, 2.05) is 37.3 Å². The van der Waals surface area contributed by atoms with E-state index in [0.29, 0.717) is 12.8 Å². The van der Waals surface area contributed by atoms with Gasteiger partial charge in [0.15, 0.2) is 0 Å². The van der Waals surface area contributed by atoms with E-state index in [1.54, 1.807) is 0 Å². The summed E-state index contributed by atoms with van der Waals surface area (Å²) < 4.78 is 27.5. The van der Waals surface area contributed by atoms with E-state index in [0.717, 1.165) is 5.56 Å². The van der Waals surface area contributed by atoms with Crippen molar-refractivity contribution in [2.75, 3.05) is 0 Å². The van der Waals surface area contributed by atoms with Crippen LogP contribution in [0.25, 0.3) is 0 Å². The summed E-state index contributed by atoms with van der Waals surface area (Å²) in [5, 5.41) is 0. The Kier molecular flexibility index (Phi) is 4.50. The maximum atomic E-state index is 13.8. The molecule has 0 saturated heterocycles. The molecule has 0 saturated carbocycles. The third-order valence-corrected chi connectivity index (χ3v) is 3.69. The lowest BCUT2D eigenvalue weighted by Crippen LogP contribution is -2.44. The molecule has 3 heteroatoms. The van der Waals surface area contributed by atoms with Crippen LogP contribution in [0.3, 0.4) is 0 Å².